The molecule has 0 saturated carbocycles. The maximum absolute atomic E-state index is 13.5. The summed E-state index contributed by atoms with van der Waals surface area (Å²) < 4.78 is 40.5. The van der Waals surface area contributed by atoms with Gasteiger partial charge in [-0.05, 0) is 48.9 Å². The minimum Gasteiger partial charge on any atom is -0.294 e. The molecule has 1 aliphatic heterocycles. The van der Waals surface area contributed by atoms with Crippen molar-refractivity contribution in [3.8, 4) is 0 Å². The van der Waals surface area contributed by atoms with Crippen LogP contribution in [0.15, 0.2) is 12.1 Å². The van der Waals surface area contributed by atoms with Gasteiger partial charge >= 0.3 is 6.18 Å². The molecule has 0 atom stereocenters. The number of thiazole rings is 1. The molecule has 0 amide bonds. The summed E-state index contributed by atoms with van der Waals surface area (Å²) in [4.78, 5) is 7.87. The van der Waals surface area contributed by atoms with Gasteiger partial charge in [-0.25, -0.2) is 4.98 Å². The van der Waals surface area contributed by atoms with Crippen molar-refractivity contribution in [3.05, 3.63) is 50.0 Å². The smallest absolute Gasteiger partial charge is 0.294 e. The van der Waals surface area contributed by atoms with Crippen molar-refractivity contribution in [2.45, 2.75) is 51.9 Å². The first kappa shape index (κ1) is 16.1. The molecule has 0 fully saturated rings. The molecule has 0 unspecified atom stereocenters. The lowest BCUT2D eigenvalue weighted by atomic mass is 9.96. The van der Waals surface area contributed by atoms with Crippen LogP contribution in [0.2, 0.25) is 0 Å². The third-order valence-electron chi connectivity index (χ3n) is 5.01. The summed E-state index contributed by atoms with van der Waals surface area (Å²) in [5, 5.41) is 1.04. The first-order valence-corrected chi connectivity index (χ1v) is 9.12. The fourth-order valence-corrected chi connectivity index (χ4v) is 4.95. The van der Waals surface area contributed by atoms with E-state index >= 15 is 0 Å². The van der Waals surface area contributed by atoms with E-state index in [0.717, 1.165) is 54.1 Å². The van der Waals surface area contributed by atoms with E-state index in [-0.39, 0.29) is 0 Å². The van der Waals surface area contributed by atoms with Crippen LogP contribution in [-0.4, -0.2) is 16.4 Å². The second-order valence-electron chi connectivity index (χ2n) is 6.64. The third kappa shape index (κ3) is 2.86. The van der Waals surface area contributed by atoms with Crippen LogP contribution in [-0.2, 0) is 38.5 Å². The highest BCUT2D eigenvalue weighted by molar-refractivity contribution is 7.11. The summed E-state index contributed by atoms with van der Waals surface area (Å²) in [5.74, 6) is 0. The average molecular weight is 352 g/mol. The van der Waals surface area contributed by atoms with Crippen LogP contribution >= 0.6 is 11.3 Å². The fraction of sp³-hybridized carbons (Fsp3) is 0.500. The Kier molecular flexibility index (Phi) is 3.92. The highest BCUT2D eigenvalue weighted by Gasteiger charge is 2.36. The fourth-order valence-electron chi connectivity index (χ4n) is 3.92. The molecule has 4 rings (SSSR count). The largest absolute Gasteiger partial charge is 0.416 e. The summed E-state index contributed by atoms with van der Waals surface area (Å²) in [6.45, 7) is 3.85. The number of benzene rings is 1. The van der Waals surface area contributed by atoms with Gasteiger partial charge < -0.3 is 0 Å². The molecule has 6 heteroatoms. The van der Waals surface area contributed by atoms with Gasteiger partial charge in [0.25, 0.3) is 0 Å². The highest BCUT2D eigenvalue weighted by Crippen LogP contribution is 2.38. The van der Waals surface area contributed by atoms with Gasteiger partial charge in [0.05, 0.1) is 16.3 Å². The van der Waals surface area contributed by atoms with Crippen LogP contribution in [0.5, 0.6) is 0 Å². The molecule has 2 heterocycles. The zero-order chi connectivity index (χ0) is 16.9. The van der Waals surface area contributed by atoms with E-state index in [9.17, 15) is 13.2 Å². The number of rotatable bonds is 2. The van der Waals surface area contributed by atoms with Gasteiger partial charge in [-0.2, -0.15) is 13.2 Å². The van der Waals surface area contributed by atoms with Gasteiger partial charge in [0.2, 0.25) is 0 Å². The van der Waals surface area contributed by atoms with Crippen LogP contribution in [0.4, 0.5) is 13.2 Å². The summed E-state index contributed by atoms with van der Waals surface area (Å²) in [6, 6.07) is 2.96. The third-order valence-corrected chi connectivity index (χ3v) is 6.00. The molecule has 2 aliphatic rings. The Morgan fingerprint density at radius 3 is 2.83 bits per heavy atom. The molecule has 2 aromatic rings. The van der Waals surface area contributed by atoms with Crippen molar-refractivity contribution in [2.24, 2.45) is 0 Å². The van der Waals surface area contributed by atoms with E-state index in [2.05, 4.69) is 9.88 Å². The van der Waals surface area contributed by atoms with Gasteiger partial charge in [0.1, 0.15) is 0 Å². The van der Waals surface area contributed by atoms with E-state index in [1.54, 1.807) is 17.4 Å². The Morgan fingerprint density at radius 2 is 2.04 bits per heavy atom. The molecule has 0 saturated heterocycles. The van der Waals surface area contributed by atoms with Gasteiger partial charge in [-0.1, -0.05) is 6.07 Å². The average Bonchev–Trinajstić information content (AvgIpc) is 3.11. The Morgan fingerprint density at radius 1 is 1.21 bits per heavy atom. The van der Waals surface area contributed by atoms with E-state index in [4.69, 9.17) is 0 Å². The normalized spacial score (nSPS) is 17.8. The van der Waals surface area contributed by atoms with Crippen molar-refractivity contribution in [2.75, 3.05) is 6.54 Å². The Hall–Kier alpha value is -1.40. The number of nitrogens with zero attached hydrogens (tertiary/aromatic N) is 2. The second-order valence-corrected chi connectivity index (χ2v) is 7.93. The van der Waals surface area contributed by atoms with Crippen molar-refractivity contribution in [3.63, 3.8) is 0 Å². The Balaban J connectivity index is 1.66. The predicted octanol–water partition coefficient (Wildman–Crippen LogP) is 4.52. The van der Waals surface area contributed by atoms with Crippen molar-refractivity contribution >= 4 is 11.3 Å². The van der Waals surface area contributed by atoms with E-state index in [1.165, 1.54) is 10.9 Å². The number of aromatic nitrogens is 1. The molecule has 1 aliphatic carbocycles. The molecular weight excluding hydrogens is 333 g/mol. The first-order valence-electron chi connectivity index (χ1n) is 8.30. The number of aryl methyl sites for hydroxylation is 2. The van der Waals surface area contributed by atoms with Crippen LogP contribution in [0.25, 0.3) is 0 Å². The lowest BCUT2D eigenvalue weighted by molar-refractivity contribution is -0.138. The first-order chi connectivity index (χ1) is 11.4. The summed E-state index contributed by atoms with van der Waals surface area (Å²) in [5.41, 5.74) is 3.22. The molecule has 2 nitrogen and oxygen atoms in total. The molecule has 0 bridgehead atoms. The molecule has 128 valence electrons. The SMILES string of the molecule is Cc1nc2c(s1)CN(Cc1c(C(F)(F)F)ccc3c1CCC3)CC2. The standard InChI is InChI=1S/C18H19F3N2S/c1-11-22-16-7-8-23(10-17(16)24-11)9-14-13-4-2-3-12(13)5-6-15(14)18(19,20)21/h5-6H,2-4,7-10H2,1H3. The zero-order valence-corrected chi connectivity index (χ0v) is 14.4. The number of fused-ring (bicyclic) bond motifs is 2. The van der Waals surface area contributed by atoms with Gasteiger partial charge in [-0.15, -0.1) is 11.3 Å². The van der Waals surface area contributed by atoms with Crippen LogP contribution < -0.4 is 0 Å². The molecule has 0 N–H and O–H groups in total. The lowest BCUT2D eigenvalue weighted by Crippen LogP contribution is -2.31. The van der Waals surface area contributed by atoms with Crippen LogP contribution in [0.1, 0.15) is 44.3 Å². The van der Waals surface area contributed by atoms with E-state index < -0.39 is 11.7 Å². The number of hydrogen-bond donors (Lipinski definition) is 0. The minimum absolute atomic E-state index is 0.383. The topological polar surface area (TPSA) is 16.1 Å². The summed E-state index contributed by atoms with van der Waals surface area (Å²) in [6.07, 6.45) is -0.821. The second kappa shape index (κ2) is 5.85. The number of alkyl halides is 3. The van der Waals surface area contributed by atoms with Gasteiger partial charge in [0.15, 0.2) is 0 Å². The zero-order valence-electron chi connectivity index (χ0n) is 13.5. The van der Waals surface area contributed by atoms with Gasteiger partial charge in [0, 0.05) is 30.9 Å². The summed E-state index contributed by atoms with van der Waals surface area (Å²) in [7, 11) is 0. The molecule has 1 aromatic carbocycles. The maximum Gasteiger partial charge on any atom is 0.416 e. The molecule has 0 spiro atoms. The van der Waals surface area contributed by atoms with Crippen molar-refractivity contribution < 1.29 is 13.2 Å². The maximum atomic E-state index is 13.5. The van der Waals surface area contributed by atoms with E-state index in [1.807, 2.05) is 6.92 Å². The van der Waals surface area contributed by atoms with E-state index in [0.29, 0.717) is 18.7 Å². The molecule has 24 heavy (non-hydrogen) atoms. The minimum atomic E-state index is -4.28. The van der Waals surface area contributed by atoms with Crippen molar-refractivity contribution in [1.29, 1.82) is 0 Å². The monoisotopic (exact) mass is 352 g/mol. The molecular formula is C18H19F3N2S. The Bertz CT molecular complexity index is 779. The highest BCUT2D eigenvalue weighted by atomic mass is 32.1. The number of halogens is 3. The van der Waals surface area contributed by atoms with Crippen molar-refractivity contribution in [1.82, 2.24) is 9.88 Å². The van der Waals surface area contributed by atoms with Crippen LogP contribution in [0, 0.1) is 6.92 Å². The van der Waals surface area contributed by atoms with Crippen LogP contribution in [0.3, 0.4) is 0 Å². The Labute approximate surface area is 143 Å². The quantitative estimate of drug-likeness (QED) is 0.790. The summed E-state index contributed by atoms with van der Waals surface area (Å²) >= 11 is 1.66. The van der Waals surface area contributed by atoms with Gasteiger partial charge in [-0.3, -0.25) is 4.90 Å². The number of hydrogen-bond acceptors (Lipinski definition) is 3. The molecule has 1 aromatic heterocycles. The molecule has 0 radical (unpaired) electrons. The predicted molar refractivity (Wildman–Crippen MR) is 88.1 cm³/mol. The lowest BCUT2D eigenvalue weighted by Gasteiger charge is -2.28.